The van der Waals surface area contributed by atoms with E-state index in [0.29, 0.717) is 24.0 Å². The molecule has 0 radical (unpaired) electrons. The van der Waals surface area contributed by atoms with Gasteiger partial charge in [0.05, 0.1) is 19.9 Å². The Morgan fingerprint density at radius 3 is 2.96 bits per heavy atom. The van der Waals surface area contributed by atoms with Crippen LogP contribution in [0.1, 0.15) is 16.2 Å². The van der Waals surface area contributed by atoms with Gasteiger partial charge in [-0.3, -0.25) is 4.79 Å². The number of amides is 1. The van der Waals surface area contributed by atoms with E-state index in [-0.39, 0.29) is 11.6 Å². The number of hydrogen-bond donors (Lipinski definition) is 2. The van der Waals surface area contributed by atoms with Gasteiger partial charge in [-0.15, -0.1) is 0 Å². The monoisotopic (exact) mass is 324 g/mol. The average molecular weight is 324 g/mol. The Labute approximate surface area is 138 Å². The molecule has 0 aliphatic rings. The van der Waals surface area contributed by atoms with Crippen LogP contribution >= 0.6 is 0 Å². The molecule has 3 rings (SSSR count). The van der Waals surface area contributed by atoms with Crippen LogP contribution in [0.25, 0.3) is 0 Å². The molecule has 0 spiro atoms. The fourth-order valence-electron chi connectivity index (χ4n) is 2.05. The summed E-state index contributed by atoms with van der Waals surface area (Å²) in [5.74, 6) is 1.41. The second-order valence-electron chi connectivity index (χ2n) is 4.88. The maximum absolute atomic E-state index is 12.2. The number of ether oxygens (including phenoxy) is 1. The van der Waals surface area contributed by atoms with Gasteiger partial charge in [0.2, 0.25) is 5.95 Å². The van der Waals surface area contributed by atoms with E-state index in [0.717, 1.165) is 5.69 Å². The molecule has 0 aliphatic carbocycles. The summed E-state index contributed by atoms with van der Waals surface area (Å²) in [5, 5.41) is 5.78. The number of rotatable bonds is 6. The minimum Gasteiger partial charge on any atom is -0.497 e. The van der Waals surface area contributed by atoms with Crippen LogP contribution in [0.15, 0.2) is 59.3 Å². The van der Waals surface area contributed by atoms with Gasteiger partial charge in [0.1, 0.15) is 17.2 Å². The number of carbonyl (C=O) groups excluding carboxylic acids is 1. The van der Waals surface area contributed by atoms with Crippen LogP contribution in [0.4, 0.5) is 11.6 Å². The van der Waals surface area contributed by atoms with Crippen molar-refractivity contribution in [2.75, 3.05) is 12.4 Å². The van der Waals surface area contributed by atoms with Crippen molar-refractivity contribution in [2.45, 2.75) is 6.54 Å². The molecule has 0 atom stereocenters. The number of hydrogen-bond acceptors (Lipinski definition) is 6. The van der Waals surface area contributed by atoms with E-state index < -0.39 is 0 Å². The summed E-state index contributed by atoms with van der Waals surface area (Å²) in [6.07, 6.45) is 3.08. The molecule has 2 heterocycles. The van der Waals surface area contributed by atoms with Crippen LogP contribution in [0.2, 0.25) is 0 Å². The van der Waals surface area contributed by atoms with E-state index in [2.05, 4.69) is 20.6 Å². The van der Waals surface area contributed by atoms with Gasteiger partial charge in [-0.05, 0) is 30.3 Å². The summed E-state index contributed by atoms with van der Waals surface area (Å²) in [6.45, 7) is 0.300. The molecule has 0 fully saturated rings. The number of nitrogens with zero attached hydrogens (tertiary/aromatic N) is 2. The van der Waals surface area contributed by atoms with Crippen LogP contribution in [0.3, 0.4) is 0 Å². The second-order valence-corrected chi connectivity index (χ2v) is 4.88. The maximum Gasteiger partial charge on any atom is 0.270 e. The predicted molar refractivity (Wildman–Crippen MR) is 88.2 cm³/mol. The number of carbonyl (C=O) groups is 1. The van der Waals surface area contributed by atoms with Crippen molar-refractivity contribution in [2.24, 2.45) is 0 Å². The van der Waals surface area contributed by atoms with Crippen LogP contribution in [-0.4, -0.2) is 23.0 Å². The van der Waals surface area contributed by atoms with E-state index in [4.69, 9.17) is 9.15 Å². The molecule has 2 aromatic heterocycles. The molecule has 3 aromatic rings. The minimum atomic E-state index is -0.303. The fraction of sp³-hybridized carbons (Fsp3) is 0.118. The van der Waals surface area contributed by atoms with Crippen molar-refractivity contribution >= 4 is 17.5 Å². The number of methoxy groups -OCH3 is 1. The van der Waals surface area contributed by atoms with E-state index in [9.17, 15) is 4.79 Å². The van der Waals surface area contributed by atoms with Crippen LogP contribution in [0, 0.1) is 0 Å². The van der Waals surface area contributed by atoms with E-state index in [1.165, 1.54) is 6.20 Å². The van der Waals surface area contributed by atoms with Crippen molar-refractivity contribution < 1.29 is 13.9 Å². The quantitative estimate of drug-likeness (QED) is 0.725. The van der Waals surface area contributed by atoms with Crippen molar-refractivity contribution in [1.82, 2.24) is 15.3 Å². The summed E-state index contributed by atoms with van der Waals surface area (Å²) < 4.78 is 10.3. The summed E-state index contributed by atoms with van der Waals surface area (Å²) >= 11 is 0. The standard InChI is InChI=1S/C17H16N4O3/c1-23-13-5-2-4-12(10-13)20-17-18-8-7-15(21-17)16(22)19-11-14-6-3-9-24-14/h2-10H,11H2,1H3,(H,19,22)(H,18,20,21). The third kappa shape index (κ3) is 3.89. The minimum absolute atomic E-state index is 0.266. The van der Waals surface area contributed by atoms with Crippen molar-refractivity contribution in [1.29, 1.82) is 0 Å². The molecular weight excluding hydrogens is 308 g/mol. The predicted octanol–water partition coefficient (Wildman–Crippen LogP) is 2.75. The smallest absolute Gasteiger partial charge is 0.270 e. The summed E-state index contributed by atoms with van der Waals surface area (Å²) in [6, 6.07) is 12.5. The van der Waals surface area contributed by atoms with Crippen LogP contribution in [0.5, 0.6) is 5.75 Å². The first-order chi connectivity index (χ1) is 11.7. The normalized spacial score (nSPS) is 10.2. The van der Waals surface area contributed by atoms with Crippen molar-refractivity contribution in [3.63, 3.8) is 0 Å². The Bertz CT molecular complexity index is 818. The number of aromatic nitrogens is 2. The Hall–Kier alpha value is -3.35. The lowest BCUT2D eigenvalue weighted by Crippen LogP contribution is -2.23. The molecule has 0 bridgehead atoms. The summed E-state index contributed by atoms with van der Waals surface area (Å²) in [7, 11) is 1.60. The molecule has 0 saturated carbocycles. The fourth-order valence-corrected chi connectivity index (χ4v) is 2.05. The Balaban J connectivity index is 1.67. The first-order valence-corrected chi connectivity index (χ1v) is 7.29. The largest absolute Gasteiger partial charge is 0.497 e. The van der Waals surface area contributed by atoms with Crippen LogP contribution in [-0.2, 0) is 6.54 Å². The van der Waals surface area contributed by atoms with E-state index in [1.54, 1.807) is 31.6 Å². The molecule has 24 heavy (non-hydrogen) atoms. The Morgan fingerprint density at radius 1 is 1.25 bits per heavy atom. The highest BCUT2D eigenvalue weighted by molar-refractivity contribution is 5.92. The molecule has 1 aromatic carbocycles. The average Bonchev–Trinajstić information content (AvgIpc) is 3.13. The lowest BCUT2D eigenvalue weighted by Gasteiger charge is -2.08. The zero-order valence-corrected chi connectivity index (χ0v) is 13.0. The van der Waals surface area contributed by atoms with Crippen molar-refractivity contribution in [3.8, 4) is 5.75 Å². The summed E-state index contributed by atoms with van der Waals surface area (Å²) in [4.78, 5) is 20.5. The molecule has 0 aliphatic heterocycles. The Morgan fingerprint density at radius 2 is 2.17 bits per heavy atom. The second kappa shape index (κ2) is 7.28. The molecule has 0 saturated heterocycles. The van der Waals surface area contributed by atoms with Gasteiger partial charge in [-0.1, -0.05) is 6.07 Å². The van der Waals surface area contributed by atoms with Gasteiger partial charge in [-0.25, -0.2) is 9.97 Å². The van der Waals surface area contributed by atoms with Gasteiger partial charge < -0.3 is 19.8 Å². The zero-order valence-electron chi connectivity index (χ0n) is 13.0. The molecule has 7 heteroatoms. The third-order valence-corrected chi connectivity index (χ3v) is 3.22. The first kappa shape index (κ1) is 15.5. The van der Waals surface area contributed by atoms with Crippen molar-refractivity contribution in [3.05, 3.63) is 66.4 Å². The SMILES string of the molecule is COc1cccc(Nc2nccc(C(=O)NCc3ccco3)n2)c1. The summed E-state index contributed by atoms with van der Waals surface area (Å²) in [5.41, 5.74) is 1.03. The van der Waals surface area contributed by atoms with Crippen LogP contribution < -0.4 is 15.4 Å². The van der Waals surface area contributed by atoms with Gasteiger partial charge in [0.25, 0.3) is 5.91 Å². The molecule has 7 nitrogen and oxygen atoms in total. The molecule has 0 unspecified atom stereocenters. The number of nitrogens with one attached hydrogen (secondary N) is 2. The highest BCUT2D eigenvalue weighted by Gasteiger charge is 2.09. The number of furan rings is 1. The number of benzene rings is 1. The zero-order chi connectivity index (χ0) is 16.8. The number of anilines is 2. The third-order valence-electron chi connectivity index (χ3n) is 3.22. The topological polar surface area (TPSA) is 89.3 Å². The van der Waals surface area contributed by atoms with E-state index in [1.807, 2.05) is 24.3 Å². The lowest BCUT2D eigenvalue weighted by molar-refractivity contribution is 0.0943. The molecule has 122 valence electrons. The van der Waals surface area contributed by atoms with Gasteiger partial charge in [0.15, 0.2) is 0 Å². The van der Waals surface area contributed by atoms with E-state index >= 15 is 0 Å². The highest BCUT2D eigenvalue weighted by atomic mass is 16.5. The highest BCUT2D eigenvalue weighted by Crippen LogP contribution is 2.19. The molecule has 2 N–H and O–H groups in total. The maximum atomic E-state index is 12.2. The van der Waals surface area contributed by atoms with Gasteiger partial charge in [-0.2, -0.15) is 0 Å². The van der Waals surface area contributed by atoms with Gasteiger partial charge >= 0.3 is 0 Å². The lowest BCUT2D eigenvalue weighted by atomic mass is 10.3. The Kier molecular flexibility index (Phi) is 4.71. The van der Waals surface area contributed by atoms with Gasteiger partial charge in [0, 0.05) is 18.0 Å². The first-order valence-electron chi connectivity index (χ1n) is 7.29. The molecule has 1 amide bonds. The molecular formula is C17H16N4O3.